The molecule has 0 fully saturated rings. The fraction of sp³-hybridized carbons (Fsp3) is 0.353. The molecule has 2 radical (unpaired) electrons. The Labute approximate surface area is 132 Å². The fourth-order valence-electron chi connectivity index (χ4n) is 2.91. The number of hydrogen-bond acceptors (Lipinski definition) is 3. The average molecular weight is 293 g/mol. The second kappa shape index (κ2) is 6.84. The Kier molecular flexibility index (Phi) is 4.63. The van der Waals surface area contributed by atoms with Gasteiger partial charge in [0.05, 0.1) is 0 Å². The third-order valence-electron chi connectivity index (χ3n) is 4.22. The van der Waals surface area contributed by atoms with Gasteiger partial charge in [-0.2, -0.15) is 0 Å². The Morgan fingerprint density at radius 1 is 1.14 bits per heavy atom. The van der Waals surface area contributed by atoms with Crippen molar-refractivity contribution in [3.8, 4) is 0 Å². The highest BCUT2D eigenvalue weighted by Crippen LogP contribution is 2.16. The molecule has 0 unspecified atom stereocenters. The molecule has 1 aromatic carbocycles. The Morgan fingerprint density at radius 2 is 1.95 bits per heavy atom. The third kappa shape index (κ3) is 3.42. The van der Waals surface area contributed by atoms with Crippen molar-refractivity contribution in [2.24, 2.45) is 0 Å². The number of pyridine rings is 1. The van der Waals surface area contributed by atoms with Gasteiger partial charge in [0, 0.05) is 24.5 Å². The second-order valence-electron chi connectivity index (χ2n) is 5.69. The monoisotopic (exact) mass is 293 g/mol. The smallest absolute Gasteiger partial charge is 0.252 e. The van der Waals surface area contributed by atoms with Crippen LogP contribution in [0.4, 0.5) is 5.69 Å². The summed E-state index contributed by atoms with van der Waals surface area (Å²) in [5.74, 6) is 0. The van der Waals surface area contributed by atoms with Gasteiger partial charge in [0.1, 0.15) is 0 Å². The predicted octanol–water partition coefficient (Wildman–Crippen LogP) is 1.27. The van der Waals surface area contributed by atoms with Crippen LogP contribution in [0.2, 0.25) is 0 Å². The SMILES string of the molecule is [B]Nc1ccn(CCc2ccc3c(c2)CCNCC3)c(=O)c1. The number of rotatable bonds is 4. The van der Waals surface area contributed by atoms with Gasteiger partial charge in [-0.15, -0.1) is 0 Å². The number of anilines is 1. The first-order valence-electron chi connectivity index (χ1n) is 7.75. The van der Waals surface area contributed by atoms with Gasteiger partial charge in [0.25, 0.3) is 5.56 Å². The summed E-state index contributed by atoms with van der Waals surface area (Å²) < 4.78 is 1.72. The first kappa shape index (κ1) is 14.9. The van der Waals surface area contributed by atoms with E-state index < -0.39 is 0 Å². The Bertz CT molecular complexity index is 711. The van der Waals surface area contributed by atoms with E-state index in [2.05, 4.69) is 28.7 Å². The minimum Gasteiger partial charge on any atom is -0.437 e. The lowest BCUT2D eigenvalue weighted by Crippen LogP contribution is -2.20. The largest absolute Gasteiger partial charge is 0.437 e. The number of aromatic nitrogens is 1. The van der Waals surface area contributed by atoms with Crippen LogP contribution in [0.3, 0.4) is 0 Å². The standard InChI is InChI=1S/C17H20BN3O/c18-20-16-6-10-21(17(22)12-16)9-5-13-1-2-14-3-7-19-8-4-15(14)11-13/h1-2,6,10-12,19-20H,3-5,7-9H2. The summed E-state index contributed by atoms with van der Waals surface area (Å²) in [6.07, 6.45) is 4.82. The maximum absolute atomic E-state index is 12.0. The molecule has 2 heterocycles. The molecule has 0 spiro atoms. The number of nitrogens with one attached hydrogen (secondary N) is 2. The van der Waals surface area contributed by atoms with Crippen molar-refractivity contribution < 1.29 is 0 Å². The summed E-state index contributed by atoms with van der Waals surface area (Å²) >= 11 is 0. The molecular formula is C17H20BN3O. The number of benzene rings is 1. The second-order valence-corrected chi connectivity index (χ2v) is 5.69. The molecule has 112 valence electrons. The van der Waals surface area contributed by atoms with Crippen LogP contribution in [-0.4, -0.2) is 25.6 Å². The number of fused-ring (bicyclic) bond motifs is 1. The summed E-state index contributed by atoms with van der Waals surface area (Å²) in [7, 11) is 5.31. The van der Waals surface area contributed by atoms with E-state index in [1.807, 2.05) is 6.07 Å². The molecule has 4 nitrogen and oxygen atoms in total. The lowest BCUT2D eigenvalue weighted by Gasteiger charge is -2.10. The lowest BCUT2D eigenvalue weighted by molar-refractivity contribution is 0.669. The van der Waals surface area contributed by atoms with Crippen LogP contribution in [0, 0.1) is 0 Å². The van der Waals surface area contributed by atoms with Crippen molar-refractivity contribution in [2.75, 3.05) is 18.3 Å². The molecular weight excluding hydrogens is 273 g/mol. The zero-order chi connectivity index (χ0) is 15.4. The number of nitrogens with zero attached hydrogens (tertiary/aromatic N) is 1. The van der Waals surface area contributed by atoms with Gasteiger partial charge in [-0.1, -0.05) is 18.2 Å². The maximum atomic E-state index is 12.0. The fourth-order valence-corrected chi connectivity index (χ4v) is 2.91. The van der Waals surface area contributed by atoms with E-state index in [1.54, 1.807) is 10.8 Å². The van der Waals surface area contributed by atoms with Crippen LogP contribution in [-0.2, 0) is 25.8 Å². The molecule has 0 amide bonds. The van der Waals surface area contributed by atoms with Gasteiger partial charge in [-0.3, -0.25) is 4.79 Å². The van der Waals surface area contributed by atoms with Gasteiger partial charge >= 0.3 is 0 Å². The topological polar surface area (TPSA) is 46.1 Å². The van der Waals surface area contributed by atoms with E-state index in [0.717, 1.165) is 32.4 Å². The summed E-state index contributed by atoms with van der Waals surface area (Å²) in [5, 5.41) is 5.92. The van der Waals surface area contributed by atoms with Crippen molar-refractivity contribution in [3.63, 3.8) is 0 Å². The van der Waals surface area contributed by atoms with Crippen molar-refractivity contribution >= 4 is 13.7 Å². The van der Waals surface area contributed by atoms with Gasteiger partial charge < -0.3 is 15.1 Å². The molecule has 1 aromatic heterocycles. The summed E-state index contributed by atoms with van der Waals surface area (Å²) in [4.78, 5) is 12.0. The Hall–Kier alpha value is -2.01. The molecule has 1 aliphatic heterocycles. The zero-order valence-electron chi connectivity index (χ0n) is 12.6. The predicted molar refractivity (Wildman–Crippen MR) is 90.5 cm³/mol. The van der Waals surface area contributed by atoms with Gasteiger partial charge in [0.2, 0.25) is 7.98 Å². The molecule has 0 aliphatic carbocycles. The summed E-state index contributed by atoms with van der Waals surface area (Å²) in [6, 6.07) is 10.0. The van der Waals surface area contributed by atoms with Crippen LogP contribution >= 0.6 is 0 Å². The van der Waals surface area contributed by atoms with E-state index in [1.165, 1.54) is 22.8 Å². The van der Waals surface area contributed by atoms with E-state index in [-0.39, 0.29) is 5.56 Å². The minimum atomic E-state index is -0.0330. The lowest BCUT2D eigenvalue weighted by atomic mass is 9.99. The molecule has 5 heteroatoms. The van der Waals surface area contributed by atoms with E-state index in [9.17, 15) is 4.79 Å². The van der Waals surface area contributed by atoms with Gasteiger partial charge in [-0.25, -0.2) is 0 Å². The highest BCUT2D eigenvalue weighted by molar-refractivity contribution is 6.15. The molecule has 2 aromatic rings. The maximum Gasteiger partial charge on any atom is 0.252 e. The molecule has 1 aliphatic rings. The summed E-state index contributed by atoms with van der Waals surface area (Å²) in [5.41, 5.74) is 4.78. The average Bonchev–Trinajstić information content (AvgIpc) is 2.78. The molecule has 0 saturated carbocycles. The highest BCUT2D eigenvalue weighted by atomic mass is 16.1. The first-order valence-corrected chi connectivity index (χ1v) is 7.75. The molecule has 2 N–H and O–H groups in total. The third-order valence-corrected chi connectivity index (χ3v) is 4.22. The van der Waals surface area contributed by atoms with Gasteiger partial charge in [-0.05, 0) is 55.1 Å². The Balaban J connectivity index is 1.71. The normalized spacial score (nSPS) is 14.2. The van der Waals surface area contributed by atoms with E-state index >= 15 is 0 Å². The molecule has 0 atom stereocenters. The quantitative estimate of drug-likeness (QED) is 0.835. The van der Waals surface area contributed by atoms with Crippen LogP contribution in [0.5, 0.6) is 0 Å². The van der Waals surface area contributed by atoms with Crippen LogP contribution < -0.4 is 16.1 Å². The van der Waals surface area contributed by atoms with E-state index in [4.69, 9.17) is 7.98 Å². The van der Waals surface area contributed by atoms with Crippen molar-refractivity contribution in [1.29, 1.82) is 0 Å². The highest BCUT2D eigenvalue weighted by Gasteiger charge is 2.08. The van der Waals surface area contributed by atoms with E-state index in [0.29, 0.717) is 12.2 Å². The van der Waals surface area contributed by atoms with Crippen molar-refractivity contribution in [2.45, 2.75) is 25.8 Å². The molecule has 0 saturated heterocycles. The first-order chi connectivity index (χ1) is 10.8. The summed E-state index contributed by atoms with van der Waals surface area (Å²) in [6.45, 7) is 2.79. The van der Waals surface area contributed by atoms with Crippen molar-refractivity contribution in [3.05, 3.63) is 63.6 Å². The minimum absolute atomic E-state index is 0.0330. The van der Waals surface area contributed by atoms with Crippen LogP contribution in [0.25, 0.3) is 0 Å². The Morgan fingerprint density at radius 3 is 2.73 bits per heavy atom. The van der Waals surface area contributed by atoms with Gasteiger partial charge in [0.15, 0.2) is 0 Å². The molecule has 3 rings (SSSR count). The van der Waals surface area contributed by atoms with Crippen LogP contribution in [0.1, 0.15) is 16.7 Å². The van der Waals surface area contributed by atoms with Crippen molar-refractivity contribution in [1.82, 2.24) is 9.88 Å². The number of aryl methyl sites for hydroxylation is 2. The van der Waals surface area contributed by atoms with Crippen LogP contribution in [0.15, 0.2) is 41.3 Å². The molecule has 0 bridgehead atoms. The molecule has 22 heavy (non-hydrogen) atoms. The zero-order valence-corrected chi connectivity index (χ0v) is 12.6. The number of hydrogen-bond donors (Lipinski definition) is 2.